The van der Waals surface area contributed by atoms with E-state index in [9.17, 15) is 9.59 Å². The van der Waals surface area contributed by atoms with E-state index in [2.05, 4.69) is 29.4 Å². The van der Waals surface area contributed by atoms with Crippen LogP contribution in [-0.2, 0) is 22.7 Å². The molecule has 2 N–H and O–H groups in total. The number of benzene rings is 2. The zero-order valence-electron chi connectivity index (χ0n) is 17.0. The Bertz CT molecular complexity index is 865. The number of carbonyl (C=O) groups is 2. The van der Waals surface area contributed by atoms with Crippen molar-refractivity contribution in [2.75, 3.05) is 11.9 Å². The molecule has 0 aliphatic heterocycles. The molecule has 0 bridgehead atoms. The van der Waals surface area contributed by atoms with Crippen LogP contribution in [0.5, 0.6) is 0 Å². The standard InChI is InChI=1S/C23H28ClN3O2/c1-16(2)27(14-18-6-3-7-20(24)11-18)15-22(28)25-13-17-5-4-8-21(12-17)26-23(29)19-9-10-19/h3-8,11-12,16,19H,9-10,13-15H2,1-2H3,(H,25,28)(H,26,29). The Morgan fingerprint density at radius 2 is 1.83 bits per heavy atom. The Kier molecular flexibility index (Phi) is 7.29. The van der Waals surface area contributed by atoms with Crippen LogP contribution >= 0.6 is 11.6 Å². The zero-order valence-corrected chi connectivity index (χ0v) is 17.7. The van der Waals surface area contributed by atoms with Gasteiger partial charge in [-0.25, -0.2) is 0 Å². The van der Waals surface area contributed by atoms with E-state index in [1.807, 2.05) is 48.5 Å². The maximum atomic E-state index is 12.5. The van der Waals surface area contributed by atoms with Crippen molar-refractivity contribution in [2.24, 2.45) is 5.92 Å². The quantitative estimate of drug-likeness (QED) is 0.647. The molecule has 0 radical (unpaired) electrons. The number of hydrogen-bond acceptors (Lipinski definition) is 3. The van der Waals surface area contributed by atoms with Crippen LogP contribution in [0.1, 0.15) is 37.8 Å². The molecule has 2 aromatic carbocycles. The van der Waals surface area contributed by atoms with Crippen LogP contribution in [0.2, 0.25) is 5.02 Å². The predicted octanol–water partition coefficient (Wildman–Crippen LogP) is 4.22. The van der Waals surface area contributed by atoms with Crippen molar-refractivity contribution in [2.45, 2.75) is 45.8 Å². The summed E-state index contributed by atoms with van der Waals surface area (Å²) in [6.07, 6.45) is 1.95. The van der Waals surface area contributed by atoms with E-state index >= 15 is 0 Å². The van der Waals surface area contributed by atoms with Gasteiger partial charge in [-0.15, -0.1) is 0 Å². The first-order valence-corrected chi connectivity index (χ1v) is 10.4. The molecule has 5 nitrogen and oxygen atoms in total. The van der Waals surface area contributed by atoms with Crippen molar-refractivity contribution < 1.29 is 9.59 Å². The highest BCUT2D eigenvalue weighted by atomic mass is 35.5. The number of nitrogens with one attached hydrogen (secondary N) is 2. The lowest BCUT2D eigenvalue weighted by Crippen LogP contribution is -2.40. The summed E-state index contributed by atoms with van der Waals surface area (Å²) in [6, 6.07) is 15.5. The number of halogens is 1. The number of hydrogen-bond donors (Lipinski definition) is 2. The van der Waals surface area contributed by atoms with Crippen LogP contribution in [0.4, 0.5) is 5.69 Å². The molecule has 2 aromatic rings. The third-order valence-corrected chi connectivity index (χ3v) is 5.22. The van der Waals surface area contributed by atoms with Gasteiger partial charge in [0.1, 0.15) is 0 Å². The molecule has 3 rings (SSSR count). The van der Waals surface area contributed by atoms with Gasteiger partial charge in [0.2, 0.25) is 11.8 Å². The molecule has 29 heavy (non-hydrogen) atoms. The van der Waals surface area contributed by atoms with E-state index in [0.717, 1.165) is 29.7 Å². The maximum Gasteiger partial charge on any atom is 0.234 e. The van der Waals surface area contributed by atoms with Gasteiger partial charge < -0.3 is 10.6 Å². The summed E-state index contributed by atoms with van der Waals surface area (Å²) < 4.78 is 0. The molecule has 0 aromatic heterocycles. The fraction of sp³-hybridized carbons (Fsp3) is 0.391. The first kappa shape index (κ1) is 21.3. The molecule has 0 spiro atoms. The summed E-state index contributed by atoms with van der Waals surface area (Å²) in [4.78, 5) is 26.5. The Hall–Kier alpha value is -2.37. The number of amides is 2. The van der Waals surface area contributed by atoms with Crippen molar-refractivity contribution in [1.29, 1.82) is 0 Å². The van der Waals surface area contributed by atoms with E-state index in [1.54, 1.807) is 0 Å². The maximum absolute atomic E-state index is 12.5. The van der Waals surface area contributed by atoms with E-state index in [0.29, 0.717) is 24.7 Å². The Morgan fingerprint density at radius 1 is 1.10 bits per heavy atom. The Labute approximate surface area is 177 Å². The molecule has 1 aliphatic carbocycles. The third-order valence-electron chi connectivity index (χ3n) is 4.98. The molecular formula is C23H28ClN3O2. The highest BCUT2D eigenvalue weighted by Crippen LogP contribution is 2.30. The molecule has 2 amide bonds. The normalized spacial score (nSPS) is 13.6. The van der Waals surface area contributed by atoms with Crippen molar-refractivity contribution >= 4 is 29.1 Å². The molecule has 0 atom stereocenters. The third kappa shape index (κ3) is 6.87. The zero-order chi connectivity index (χ0) is 20.8. The first-order chi connectivity index (χ1) is 13.9. The van der Waals surface area contributed by atoms with Crippen LogP contribution in [0, 0.1) is 5.92 Å². The Morgan fingerprint density at radius 3 is 2.52 bits per heavy atom. The second kappa shape index (κ2) is 9.90. The van der Waals surface area contributed by atoms with E-state index < -0.39 is 0 Å². The summed E-state index contributed by atoms with van der Waals surface area (Å²) in [5, 5.41) is 6.62. The van der Waals surface area contributed by atoms with Crippen LogP contribution in [0.15, 0.2) is 48.5 Å². The molecular weight excluding hydrogens is 386 g/mol. The van der Waals surface area contributed by atoms with Gasteiger partial charge in [0.25, 0.3) is 0 Å². The van der Waals surface area contributed by atoms with Gasteiger partial charge in [-0.3, -0.25) is 14.5 Å². The minimum atomic E-state index is -0.0341. The minimum absolute atomic E-state index is 0.0341. The fourth-order valence-corrected chi connectivity index (χ4v) is 3.29. The van der Waals surface area contributed by atoms with Crippen molar-refractivity contribution in [1.82, 2.24) is 10.2 Å². The van der Waals surface area contributed by atoms with Crippen LogP contribution < -0.4 is 10.6 Å². The highest BCUT2D eigenvalue weighted by Gasteiger charge is 2.29. The summed E-state index contributed by atoms with van der Waals surface area (Å²) >= 11 is 6.07. The van der Waals surface area contributed by atoms with Crippen LogP contribution in [0.25, 0.3) is 0 Å². The summed E-state index contributed by atoms with van der Waals surface area (Å²) in [6.45, 7) is 5.54. The second-order valence-corrected chi connectivity index (χ2v) is 8.31. The molecule has 0 heterocycles. The molecule has 0 saturated heterocycles. The van der Waals surface area contributed by atoms with Crippen LogP contribution in [-0.4, -0.2) is 29.3 Å². The topological polar surface area (TPSA) is 61.4 Å². The highest BCUT2D eigenvalue weighted by molar-refractivity contribution is 6.30. The average molecular weight is 414 g/mol. The smallest absolute Gasteiger partial charge is 0.234 e. The molecule has 1 aliphatic rings. The van der Waals surface area contributed by atoms with E-state index in [-0.39, 0.29) is 23.8 Å². The number of anilines is 1. The van der Waals surface area contributed by atoms with Gasteiger partial charge in [-0.1, -0.05) is 35.9 Å². The summed E-state index contributed by atoms with van der Waals surface area (Å²) in [5.41, 5.74) is 2.81. The number of rotatable bonds is 9. The summed E-state index contributed by atoms with van der Waals surface area (Å²) in [5.74, 6) is 0.216. The van der Waals surface area contributed by atoms with Gasteiger partial charge in [0.05, 0.1) is 6.54 Å². The lowest BCUT2D eigenvalue weighted by Gasteiger charge is -2.26. The number of carbonyl (C=O) groups excluding carboxylic acids is 2. The van der Waals surface area contributed by atoms with Crippen LogP contribution in [0.3, 0.4) is 0 Å². The molecule has 0 unspecified atom stereocenters. The monoisotopic (exact) mass is 413 g/mol. The SMILES string of the molecule is CC(C)N(CC(=O)NCc1cccc(NC(=O)C2CC2)c1)Cc1cccc(Cl)c1. The first-order valence-electron chi connectivity index (χ1n) is 10.1. The average Bonchev–Trinajstić information content (AvgIpc) is 3.51. The fourth-order valence-electron chi connectivity index (χ4n) is 3.08. The van der Waals surface area contributed by atoms with Crippen molar-refractivity contribution in [3.8, 4) is 0 Å². The van der Waals surface area contributed by atoms with Crippen molar-refractivity contribution in [3.05, 3.63) is 64.7 Å². The molecule has 1 saturated carbocycles. The van der Waals surface area contributed by atoms with Gasteiger partial charge in [0.15, 0.2) is 0 Å². The van der Waals surface area contributed by atoms with E-state index in [4.69, 9.17) is 11.6 Å². The summed E-state index contributed by atoms with van der Waals surface area (Å²) in [7, 11) is 0. The van der Waals surface area contributed by atoms with E-state index in [1.165, 1.54) is 0 Å². The largest absolute Gasteiger partial charge is 0.351 e. The van der Waals surface area contributed by atoms with Gasteiger partial charge >= 0.3 is 0 Å². The number of nitrogens with zero attached hydrogens (tertiary/aromatic N) is 1. The lowest BCUT2D eigenvalue weighted by atomic mass is 10.2. The minimum Gasteiger partial charge on any atom is -0.351 e. The van der Waals surface area contributed by atoms with Crippen molar-refractivity contribution in [3.63, 3.8) is 0 Å². The predicted molar refractivity (Wildman–Crippen MR) is 117 cm³/mol. The van der Waals surface area contributed by atoms with Gasteiger partial charge in [0, 0.05) is 35.8 Å². The van der Waals surface area contributed by atoms with Gasteiger partial charge in [-0.2, -0.15) is 0 Å². The molecule has 6 heteroatoms. The lowest BCUT2D eigenvalue weighted by molar-refractivity contribution is -0.123. The van der Waals surface area contributed by atoms with Gasteiger partial charge in [-0.05, 0) is 62.1 Å². The second-order valence-electron chi connectivity index (χ2n) is 7.87. The Balaban J connectivity index is 1.51. The molecule has 1 fully saturated rings. The molecule has 154 valence electrons.